The molecule has 7 nitrogen and oxygen atoms in total. The van der Waals surface area contributed by atoms with Crippen LogP contribution in [0.3, 0.4) is 0 Å². The third-order valence-corrected chi connectivity index (χ3v) is 5.99. The van der Waals surface area contributed by atoms with E-state index < -0.39 is 11.4 Å². The lowest BCUT2D eigenvalue weighted by atomic mass is 9.87. The van der Waals surface area contributed by atoms with Gasteiger partial charge in [0.05, 0.1) is 6.54 Å². The van der Waals surface area contributed by atoms with Gasteiger partial charge in [0.15, 0.2) is 0 Å². The van der Waals surface area contributed by atoms with Crippen LogP contribution in [-0.2, 0) is 15.0 Å². The molecule has 1 radical (unpaired) electrons. The topological polar surface area (TPSA) is 110 Å². The number of primary amides is 2. The zero-order valence-electron chi connectivity index (χ0n) is 14.6. The molecule has 2 saturated heterocycles. The van der Waals surface area contributed by atoms with Gasteiger partial charge in [-0.15, -0.1) is 0 Å². The predicted octanol–water partition coefficient (Wildman–Crippen LogP) is 1.06. The van der Waals surface area contributed by atoms with E-state index in [-0.39, 0.29) is 23.9 Å². The maximum Gasteiger partial charge on any atom is 0.325 e. The van der Waals surface area contributed by atoms with E-state index in [1.54, 1.807) is 9.80 Å². The lowest BCUT2D eigenvalue weighted by Crippen LogP contribution is -2.59. The smallest absolute Gasteiger partial charge is 0.325 e. The lowest BCUT2D eigenvalue weighted by molar-refractivity contribution is -0.126. The fourth-order valence-corrected chi connectivity index (χ4v) is 4.33. The Balaban J connectivity index is 1.59. The molecule has 0 spiro atoms. The number of hydrogen-bond donors (Lipinski definition) is 2. The molecule has 7 heteroatoms. The Labute approximate surface area is 152 Å². The first-order chi connectivity index (χ1) is 12.4. The van der Waals surface area contributed by atoms with E-state index in [1.165, 1.54) is 0 Å². The van der Waals surface area contributed by atoms with Crippen molar-refractivity contribution in [2.45, 2.75) is 43.1 Å². The first kappa shape index (κ1) is 16.9. The fourth-order valence-electron chi connectivity index (χ4n) is 4.33. The summed E-state index contributed by atoms with van der Waals surface area (Å²) >= 11 is 0. The summed E-state index contributed by atoms with van der Waals surface area (Å²) < 4.78 is 0. The van der Waals surface area contributed by atoms with Gasteiger partial charge in [-0.2, -0.15) is 0 Å². The molecule has 0 bridgehead atoms. The van der Waals surface area contributed by atoms with Gasteiger partial charge in [0.1, 0.15) is 5.54 Å². The number of benzene rings is 1. The van der Waals surface area contributed by atoms with Gasteiger partial charge in [-0.3, -0.25) is 14.5 Å². The maximum absolute atomic E-state index is 12.9. The van der Waals surface area contributed by atoms with E-state index >= 15 is 0 Å². The van der Waals surface area contributed by atoms with Gasteiger partial charge >= 0.3 is 6.03 Å². The number of anilines is 1. The number of nitrogens with zero attached hydrogens (tertiary/aromatic N) is 2. The number of piperidine rings is 1. The second kappa shape index (κ2) is 5.72. The number of urea groups is 1. The van der Waals surface area contributed by atoms with Crippen LogP contribution in [0.15, 0.2) is 24.3 Å². The molecule has 1 aromatic rings. The van der Waals surface area contributed by atoms with Crippen LogP contribution < -0.4 is 16.4 Å². The standard InChI is InChI=1S/C19H23N4O3/c20-15(24)11-18(8-9-18)13-3-5-14(6-4-13)22-12-19(16(21)25)7-1-2-10-23(19)17(22)26/h3-7H,1-2,8-12H2,(H2,20,24)(H2,21,25)/t19-/m1/s1. The SMILES string of the molecule is NC(=O)CC1(c2ccc(N3C[C@@]4(C(N)=O)[CH]CCCN4C3=O)cc2)CC1. The molecule has 0 unspecified atom stereocenters. The highest BCUT2D eigenvalue weighted by Crippen LogP contribution is 2.51. The minimum absolute atomic E-state index is 0.140. The third-order valence-electron chi connectivity index (χ3n) is 5.99. The van der Waals surface area contributed by atoms with Crippen molar-refractivity contribution in [2.75, 3.05) is 18.0 Å². The Morgan fingerprint density at radius 2 is 1.81 bits per heavy atom. The Kier molecular flexibility index (Phi) is 3.71. The summed E-state index contributed by atoms with van der Waals surface area (Å²) in [5.41, 5.74) is 11.7. The second-order valence-corrected chi connectivity index (χ2v) is 7.63. The van der Waals surface area contributed by atoms with E-state index in [4.69, 9.17) is 11.5 Å². The highest BCUT2D eigenvalue weighted by atomic mass is 16.2. The lowest BCUT2D eigenvalue weighted by Gasteiger charge is -2.37. The molecular formula is C19H23N4O3. The molecule has 2 heterocycles. The van der Waals surface area contributed by atoms with E-state index in [0.717, 1.165) is 36.9 Å². The highest BCUT2D eigenvalue weighted by Gasteiger charge is 2.55. The van der Waals surface area contributed by atoms with Gasteiger partial charge in [-0.1, -0.05) is 12.1 Å². The van der Waals surface area contributed by atoms with Gasteiger partial charge in [-0.05, 0) is 49.8 Å². The van der Waals surface area contributed by atoms with Gasteiger partial charge in [0.2, 0.25) is 11.8 Å². The normalized spacial score (nSPS) is 26.5. The van der Waals surface area contributed by atoms with Crippen molar-refractivity contribution >= 4 is 23.5 Å². The average Bonchev–Trinajstić information content (AvgIpc) is 3.32. The zero-order chi connectivity index (χ0) is 18.5. The van der Waals surface area contributed by atoms with Crippen molar-refractivity contribution < 1.29 is 14.4 Å². The van der Waals surface area contributed by atoms with Gasteiger partial charge in [-0.25, -0.2) is 4.79 Å². The number of fused-ring (bicyclic) bond motifs is 1. The summed E-state index contributed by atoms with van der Waals surface area (Å²) in [7, 11) is 0. The van der Waals surface area contributed by atoms with Crippen LogP contribution in [0.25, 0.3) is 0 Å². The quantitative estimate of drug-likeness (QED) is 0.824. The Morgan fingerprint density at radius 1 is 1.12 bits per heavy atom. The van der Waals surface area contributed by atoms with Crippen LogP contribution in [0.4, 0.5) is 10.5 Å². The molecule has 3 fully saturated rings. The minimum atomic E-state index is -1.02. The molecule has 4 N–H and O–H groups in total. The van der Waals surface area contributed by atoms with Crippen molar-refractivity contribution in [1.29, 1.82) is 0 Å². The first-order valence-electron chi connectivity index (χ1n) is 9.00. The molecule has 1 aromatic carbocycles. The van der Waals surface area contributed by atoms with Gasteiger partial charge in [0.25, 0.3) is 0 Å². The number of nitrogens with two attached hydrogens (primary N) is 2. The molecule has 0 aromatic heterocycles. The number of amides is 4. The third kappa shape index (κ3) is 2.45. The summed E-state index contributed by atoms with van der Waals surface area (Å²) in [6, 6.07) is 7.47. The Hall–Kier alpha value is -2.57. The molecule has 26 heavy (non-hydrogen) atoms. The van der Waals surface area contributed by atoms with E-state index in [9.17, 15) is 14.4 Å². The summed E-state index contributed by atoms with van der Waals surface area (Å²) in [4.78, 5) is 39.5. The summed E-state index contributed by atoms with van der Waals surface area (Å²) in [5.74, 6) is -0.778. The number of rotatable bonds is 5. The van der Waals surface area contributed by atoms with Crippen LogP contribution in [0, 0.1) is 6.42 Å². The molecule has 4 rings (SSSR count). The Morgan fingerprint density at radius 3 is 2.35 bits per heavy atom. The molecule has 4 amide bonds. The fraction of sp³-hybridized carbons (Fsp3) is 0.474. The van der Waals surface area contributed by atoms with Crippen LogP contribution in [0.2, 0.25) is 0 Å². The molecule has 2 aliphatic heterocycles. The number of hydrogen-bond acceptors (Lipinski definition) is 3. The average molecular weight is 355 g/mol. The molecule has 3 aliphatic rings. The maximum atomic E-state index is 12.9. The Bertz CT molecular complexity index is 771. The summed E-state index contributed by atoms with van der Waals surface area (Å²) in [5, 5.41) is 0. The molecular weight excluding hydrogens is 332 g/mol. The molecule has 137 valence electrons. The summed E-state index contributed by atoms with van der Waals surface area (Å²) in [6.45, 7) is 0.779. The van der Waals surface area contributed by atoms with Crippen LogP contribution in [0.1, 0.15) is 37.7 Å². The number of carbonyl (C=O) groups excluding carboxylic acids is 3. The van der Waals surface area contributed by atoms with Crippen LogP contribution in [0.5, 0.6) is 0 Å². The van der Waals surface area contributed by atoms with Gasteiger partial charge < -0.3 is 16.4 Å². The predicted molar refractivity (Wildman–Crippen MR) is 96.1 cm³/mol. The minimum Gasteiger partial charge on any atom is -0.370 e. The molecule has 1 saturated carbocycles. The number of carbonyl (C=O) groups is 3. The van der Waals surface area contributed by atoms with Crippen molar-refractivity contribution in [3.8, 4) is 0 Å². The first-order valence-corrected chi connectivity index (χ1v) is 9.00. The van der Waals surface area contributed by atoms with Crippen molar-refractivity contribution in [2.24, 2.45) is 11.5 Å². The van der Waals surface area contributed by atoms with Gasteiger partial charge in [0, 0.05) is 24.1 Å². The van der Waals surface area contributed by atoms with E-state index in [0.29, 0.717) is 13.0 Å². The van der Waals surface area contributed by atoms with Crippen molar-refractivity contribution in [1.82, 2.24) is 4.90 Å². The molecule has 1 atom stereocenters. The monoisotopic (exact) mass is 355 g/mol. The molecule has 1 aliphatic carbocycles. The van der Waals surface area contributed by atoms with Crippen molar-refractivity contribution in [3.05, 3.63) is 36.2 Å². The summed E-state index contributed by atoms with van der Waals surface area (Å²) in [6.07, 6.45) is 5.73. The van der Waals surface area contributed by atoms with Crippen LogP contribution >= 0.6 is 0 Å². The van der Waals surface area contributed by atoms with Crippen LogP contribution in [-0.4, -0.2) is 41.4 Å². The highest BCUT2D eigenvalue weighted by molar-refractivity contribution is 6.03. The van der Waals surface area contributed by atoms with E-state index in [1.807, 2.05) is 30.7 Å². The largest absolute Gasteiger partial charge is 0.370 e. The van der Waals surface area contributed by atoms with Crippen molar-refractivity contribution in [3.63, 3.8) is 0 Å². The zero-order valence-corrected chi connectivity index (χ0v) is 14.6. The van der Waals surface area contributed by atoms with E-state index in [2.05, 4.69) is 0 Å². The second-order valence-electron chi connectivity index (χ2n) is 7.63.